The van der Waals surface area contributed by atoms with Gasteiger partial charge in [-0.15, -0.1) is 0 Å². The monoisotopic (exact) mass is 151 g/mol. The molecule has 0 unspecified atom stereocenters. The van der Waals surface area contributed by atoms with Crippen molar-refractivity contribution < 1.29 is 4.74 Å². The van der Waals surface area contributed by atoms with Gasteiger partial charge in [-0.1, -0.05) is 0 Å². The first kappa shape index (κ1) is 7.88. The lowest BCUT2D eigenvalue weighted by atomic mass is 10.3. The third kappa shape index (κ3) is 2.47. The van der Waals surface area contributed by atoms with E-state index in [0.717, 1.165) is 5.75 Å². The summed E-state index contributed by atoms with van der Waals surface area (Å²) in [4.78, 5) is 0. The van der Waals surface area contributed by atoms with Crippen molar-refractivity contribution >= 4 is 5.69 Å². The molecule has 1 aromatic carbocycles. The normalized spacial score (nSPS) is 9.55. The number of rotatable bonds is 3. The molecule has 3 nitrogen and oxygen atoms in total. The van der Waals surface area contributed by atoms with E-state index in [1.54, 1.807) is 24.3 Å². The lowest BCUT2D eigenvalue weighted by molar-refractivity contribution is 0.328. The van der Waals surface area contributed by atoms with Gasteiger partial charge in [-0.25, -0.2) is 0 Å². The fraction of sp³-hybridized carbons (Fsp3) is 0.250. The summed E-state index contributed by atoms with van der Waals surface area (Å²) in [5.74, 6) is 0.770. The molecule has 3 heteroatoms. The summed E-state index contributed by atoms with van der Waals surface area (Å²) < 4.78 is 5.20. The molecule has 0 spiro atoms. The van der Waals surface area contributed by atoms with Crippen molar-refractivity contribution in [1.82, 2.24) is 5.73 Å². The molecule has 0 fully saturated rings. The highest BCUT2D eigenvalue weighted by Crippen LogP contribution is 2.13. The molecule has 0 aliphatic carbocycles. The Morgan fingerprint density at radius 3 is 2.45 bits per heavy atom. The summed E-state index contributed by atoms with van der Waals surface area (Å²) in [5.41, 5.74) is 12.9. The van der Waals surface area contributed by atoms with Crippen molar-refractivity contribution in [1.29, 1.82) is 0 Å². The lowest BCUT2D eigenvalue weighted by Crippen LogP contribution is -2.10. The van der Waals surface area contributed by atoms with Crippen LogP contribution in [0.2, 0.25) is 0 Å². The zero-order valence-electron chi connectivity index (χ0n) is 6.21. The number of hydrogen-bond donors (Lipinski definition) is 1. The summed E-state index contributed by atoms with van der Waals surface area (Å²) >= 11 is 0. The first-order valence-corrected chi connectivity index (χ1v) is 3.47. The zero-order valence-corrected chi connectivity index (χ0v) is 6.21. The minimum absolute atomic E-state index is 0.491. The van der Waals surface area contributed by atoms with Gasteiger partial charge in [-0.2, -0.15) is 0 Å². The van der Waals surface area contributed by atoms with E-state index < -0.39 is 0 Å². The summed E-state index contributed by atoms with van der Waals surface area (Å²) in [6.45, 7) is 1.04. The molecule has 0 saturated heterocycles. The van der Waals surface area contributed by atoms with E-state index >= 15 is 0 Å². The average molecular weight is 151 g/mol. The van der Waals surface area contributed by atoms with E-state index in [0.29, 0.717) is 18.8 Å². The van der Waals surface area contributed by atoms with Crippen LogP contribution in [-0.2, 0) is 0 Å². The third-order valence-electron chi connectivity index (χ3n) is 1.24. The molecular formula is C8H11N2O. The van der Waals surface area contributed by atoms with Crippen LogP contribution < -0.4 is 16.2 Å². The molecule has 3 N–H and O–H groups in total. The molecule has 0 amide bonds. The first-order chi connectivity index (χ1) is 5.33. The first-order valence-electron chi connectivity index (χ1n) is 3.47. The molecule has 11 heavy (non-hydrogen) atoms. The van der Waals surface area contributed by atoms with Gasteiger partial charge in [-0.3, -0.25) is 0 Å². The van der Waals surface area contributed by atoms with Crippen LogP contribution in [0.15, 0.2) is 24.3 Å². The number of nitrogens with one attached hydrogen (secondary N) is 1. The molecule has 1 aromatic rings. The van der Waals surface area contributed by atoms with Crippen molar-refractivity contribution in [3.63, 3.8) is 0 Å². The minimum atomic E-state index is 0.491. The quantitative estimate of drug-likeness (QED) is 0.698. The molecule has 0 aromatic heterocycles. The summed E-state index contributed by atoms with van der Waals surface area (Å²) in [6, 6.07) is 6.90. The van der Waals surface area contributed by atoms with Gasteiger partial charge in [0.05, 0.1) is 5.69 Å². The van der Waals surface area contributed by atoms with E-state index in [1.807, 2.05) is 0 Å². The van der Waals surface area contributed by atoms with Crippen LogP contribution in [-0.4, -0.2) is 13.2 Å². The second-order valence-electron chi connectivity index (χ2n) is 2.16. The summed E-state index contributed by atoms with van der Waals surface area (Å²) in [7, 11) is 0. The molecule has 59 valence electrons. The van der Waals surface area contributed by atoms with E-state index in [1.165, 1.54) is 0 Å². The van der Waals surface area contributed by atoms with E-state index in [2.05, 4.69) is 0 Å². The van der Waals surface area contributed by atoms with Gasteiger partial charge < -0.3 is 16.2 Å². The number of hydrogen-bond acceptors (Lipinski definition) is 2. The van der Waals surface area contributed by atoms with Crippen LogP contribution in [0.5, 0.6) is 5.75 Å². The Bertz CT molecular complexity index is 208. The molecule has 0 bridgehead atoms. The molecule has 1 rings (SSSR count). The highest BCUT2D eigenvalue weighted by Gasteiger charge is 1.90. The second-order valence-corrected chi connectivity index (χ2v) is 2.16. The van der Waals surface area contributed by atoms with Gasteiger partial charge in [0.1, 0.15) is 12.4 Å². The van der Waals surface area contributed by atoms with Crippen molar-refractivity contribution in [2.24, 2.45) is 5.73 Å². The molecule has 0 aliphatic heterocycles. The van der Waals surface area contributed by atoms with Crippen LogP contribution in [0.1, 0.15) is 0 Å². The van der Waals surface area contributed by atoms with Gasteiger partial charge in [-0.05, 0) is 24.3 Å². The van der Waals surface area contributed by atoms with Crippen LogP contribution in [0.3, 0.4) is 0 Å². The lowest BCUT2D eigenvalue weighted by Gasteiger charge is -2.02. The molecule has 0 saturated carbocycles. The molecule has 1 radical (unpaired) electrons. The smallest absolute Gasteiger partial charge is 0.119 e. The molecule has 0 heterocycles. The Morgan fingerprint density at radius 2 is 1.91 bits per heavy atom. The largest absolute Gasteiger partial charge is 0.492 e. The van der Waals surface area contributed by atoms with Crippen LogP contribution in [0, 0.1) is 0 Å². The van der Waals surface area contributed by atoms with E-state index in [9.17, 15) is 0 Å². The Morgan fingerprint density at radius 1 is 1.27 bits per heavy atom. The van der Waals surface area contributed by atoms with Crippen molar-refractivity contribution in [2.75, 3.05) is 13.2 Å². The topological polar surface area (TPSA) is 59.0 Å². The number of ether oxygens (including phenoxy) is 1. The number of benzene rings is 1. The Hall–Kier alpha value is -1.22. The van der Waals surface area contributed by atoms with Gasteiger partial charge in [0.15, 0.2) is 0 Å². The van der Waals surface area contributed by atoms with Crippen molar-refractivity contribution in [3.8, 4) is 5.75 Å². The Balaban J connectivity index is 2.52. The minimum Gasteiger partial charge on any atom is -0.492 e. The standard InChI is InChI=1S/C8H11N2O/c9-5-6-11-8-3-1-7(10)2-4-8/h1-4,10H,5-6,9H2. The maximum atomic E-state index is 7.19. The van der Waals surface area contributed by atoms with Gasteiger partial charge in [0.25, 0.3) is 0 Å². The predicted molar refractivity (Wildman–Crippen MR) is 43.7 cm³/mol. The van der Waals surface area contributed by atoms with Gasteiger partial charge in [0.2, 0.25) is 0 Å². The predicted octanol–water partition coefficient (Wildman–Crippen LogP) is 0.939. The summed E-state index contributed by atoms with van der Waals surface area (Å²) in [6.07, 6.45) is 0. The highest BCUT2D eigenvalue weighted by molar-refractivity contribution is 5.38. The second kappa shape index (κ2) is 3.83. The van der Waals surface area contributed by atoms with Crippen LogP contribution in [0.25, 0.3) is 0 Å². The third-order valence-corrected chi connectivity index (χ3v) is 1.24. The molecular weight excluding hydrogens is 140 g/mol. The fourth-order valence-electron chi connectivity index (χ4n) is 0.728. The molecule has 0 atom stereocenters. The Kier molecular flexibility index (Phi) is 2.74. The van der Waals surface area contributed by atoms with Crippen LogP contribution in [0.4, 0.5) is 5.69 Å². The van der Waals surface area contributed by atoms with Crippen LogP contribution >= 0.6 is 0 Å². The fourth-order valence-corrected chi connectivity index (χ4v) is 0.728. The highest BCUT2D eigenvalue weighted by atomic mass is 16.5. The maximum Gasteiger partial charge on any atom is 0.119 e. The van der Waals surface area contributed by atoms with E-state index in [4.69, 9.17) is 16.2 Å². The number of nitrogens with two attached hydrogens (primary N) is 1. The summed E-state index contributed by atoms with van der Waals surface area (Å²) in [5, 5.41) is 0. The van der Waals surface area contributed by atoms with E-state index in [-0.39, 0.29) is 0 Å². The molecule has 0 aliphatic rings. The van der Waals surface area contributed by atoms with Crippen molar-refractivity contribution in [3.05, 3.63) is 24.3 Å². The van der Waals surface area contributed by atoms with Crippen molar-refractivity contribution in [2.45, 2.75) is 0 Å². The van der Waals surface area contributed by atoms with Gasteiger partial charge in [0, 0.05) is 6.54 Å². The SMILES string of the molecule is [NH]c1ccc(OCCN)cc1. The average Bonchev–Trinajstić information content (AvgIpc) is 2.04. The zero-order chi connectivity index (χ0) is 8.10. The van der Waals surface area contributed by atoms with Gasteiger partial charge >= 0.3 is 0 Å². The maximum absolute atomic E-state index is 7.19. The Labute approximate surface area is 66.0 Å².